The van der Waals surface area contributed by atoms with Gasteiger partial charge >= 0.3 is 5.97 Å². The van der Waals surface area contributed by atoms with Gasteiger partial charge in [0.2, 0.25) is 0 Å². The van der Waals surface area contributed by atoms with Gasteiger partial charge in [-0.15, -0.1) is 0 Å². The van der Waals surface area contributed by atoms with E-state index in [0.29, 0.717) is 13.0 Å². The third kappa shape index (κ3) is 18.5. The molecule has 1 atom stereocenters. The molecular weight excluding hydrogens is 348 g/mol. The molecule has 0 amide bonds. The normalized spacial score (nSPS) is 12.3. The molecule has 0 saturated heterocycles. The van der Waals surface area contributed by atoms with Crippen molar-refractivity contribution < 1.29 is 19.7 Å². The van der Waals surface area contributed by atoms with Gasteiger partial charge in [0, 0.05) is 17.4 Å². The smallest absolute Gasteiger partial charge is 0.307 e. The van der Waals surface area contributed by atoms with Crippen molar-refractivity contribution in [1.82, 2.24) is 0 Å². The summed E-state index contributed by atoms with van der Waals surface area (Å²) < 4.78 is 4.50. The van der Waals surface area contributed by atoms with E-state index in [1.165, 1.54) is 77.0 Å². The first-order chi connectivity index (χ1) is 12.7. The first-order valence-electron chi connectivity index (χ1n) is 10.7. The summed E-state index contributed by atoms with van der Waals surface area (Å²) in [5.41, 5.74) is 0. The Morgan fingerprint density at radius 3 is 1.92 bits per heavy atom. The molecule has 0 aliphatic carbocycles. The van der Waals surface area contributed by atoms with E-state index in [4.69, 9.17) is 10.2 Å². The van der Waals surface area contributed by atoms with Crippen molar-refractivity contribution in [2.75, 3.05) is 19.2 Å². The van der Waals surface area contributed by atoms with E-state index in [0.717, 1.165) is 23.8 Å². The van der Waals surface area contributed by atoms with Crippen LogP contribution in [0.4, 0.5) is 0 Å². The van der Waals surface area contributed by atoms with Crippen LogP contribution in [0.15, 0.2) is 0 Å². The zero-order chi connectivity index (χ0) is 19.3. The molecule has 0 aromatic heterocycles. The van der Waals surface area contributed by atoms with E-state index in [9.17, 15) is 4.79 Å². The average Bonchev–Trinajstić information content (AvgIpc) is 2.64. The van der Waals surface area contributed by atoms with Crippen LogP contribution in [-0.2, 0) is 9.53 Å². The van der Waals surface area contributed by atoms with Crippen molar-refractivity contribution in [2.24, 2.45) is 0 Å². The number of unbranched alkanes of at least 4 members (excludes halogenated alkanes) is 10. The number of hydrogen-bond acceptors (Lipinski definition) is 5. The second kappa shape index (κ2) is 21.0. The van der Waals surface area contributed by atoms with Gasteiger partial charge in [0.1, 0.15) is 0 Å². The third-order valence-corrected chi connectivity index (χ3v) is 6.07. The first-order valence-corrected chi connectivity index (χ1v) is 11.8. The monoisotopic (exact) mass is 390 g/mol. The molecule has 156 valence electrons. The summed E-state index contributed by atoms with van der Waals surface area (Å²) in [6, 6.07) is 0. The Balaban J connectivity index is 3.54. The number of ether oxygens (including phenoxy) is 1. The van der Waals surface area contributed by atoms with Crippen LogP contribution in [0.3, 0.4) is 0 Å². The summed E-state index contributed by atoms with van der Waals surface area (Å²) in [5.74, 6) is 0.576. The molecule has 0 fully saturated rings. The van der Waals surface area contributed by atoms with Crippen LogP contribution >= 0.6 is 11.8 Å². The van der Waals surface area contributed by atoms with E-state index in [1.807, 2.05) is 11.8 Å². The largest absolute Gasteiger partial charge is 0.439 e. The van der Waals surface area contributed by atoms with Gasteiger partial charge in [-0.3, -0.25) is 4.79 Å². The average molecular weight is 391 g/mol. The van der Waals surface area contributed by atoms with E-state index in [-0.39, 0.29) is 5.97 Å². The lowest BCUT2D eigenvalue weighted by atomic mass is 10.0. The minimum absolute atomic E-state index is 0.294. The number of rotatable bonds is 20. The summed E-state index contributed by atoms with van der Waals surface area (Å²) in [5, 5.41) is 18.3. The van der Waals surface area contributed by atoms with Crippen molar-refractivity contribution in [3.05, 3.63) is 0 Å². The fourth-order valence-corrected chi connectivity index (χ4v) is 4.28. The molecule has 0 aliphatic heterocycles. The highest BCUT2D eigenvalue weighted by atomic mass is 32.2. The second-order valence-corrected chi connectivity index (χ2v) is 8.49. The van der Waals surface area contributed by atoms with Crippen LogP contribution in [-0.4, -0.2) is 40.6 Å². The standard InChI is InChI=1S/C21H42O4S/c1-2-3-4-8-11-14-20(26-18-17-22)15-12-9-6-5-7-10-13-16-21(24)25-19-23/h20,22-23H,2-19H2,1H3. The Morgan fingerprint density at radius 2 is 1.38 bits per heavy atom. The predicted octanol–water partition coefficient (Wildman–Crippen LogP) is 5.44. The van der Waals surface area contributed by atoms with E-state index in [1.54, 1.807) is 0 Å². The van der Waals surface area contributed by atoms with Gasteiger partial charge in [-0.25, -0.2) is 0 Å². The molecule has 0 bridgehead atoms. The molecule has 0 aliphatic rings. The maximum Gasteiger partial charge on any atom is 0.307 e. The molecule has 0 rings (SSSR count). The van der Waals surface area contributed by atoms with Gasteiger partial charge in [0.15, 0.2) is 6.79 Å². The summed E-state index contributed by atoms with van der Waals surface area (Å²) in [6.45, 7) is 2.04. The van der Waals surface area contributed by atoms with Crippen LogP contribution < -0.4 is 0 Å². The number of carbonyl (C=O) groups is 1. The lowest BCUT2D eigenvalue weighted by Crippen LogP contribution is -2.05. The van der Waals surface area contributed by atoms with E-state index >= 15 is 0 Å². The highest BCUT2D eigenvalue weighted by molar-refractivity contribution is 7.99. The summed E-state index contributed by atoms with van der Waals surface area (Å²) >= 11 is 1.96. The molecule has 0 heterocycles. The van der Waals surface area contributed by atoms with Gasteiger partial charge in [-0.1, -0.05) is 77.6 Å². The van der Waals surface area contributed by atoms with Crippen molar-refractivity contribution in [2.45, 2.75) is 108 Å². The third-order valence-electron chi connectivity index (χ3n) is 4.71. The summed E-state index contributed by atoms with van der Waals surface area (Å²) in [7, 11) is 0. The SMILES string of the molecule is CCCCCCCC(CCCCCCCCCC(=O)OCO)SCCO. The molecule has 26 heavy (non-hydrogen) atoms. The number of thioether (sulfide) groups is 1. The minimum atomic E-state index is -0.505. The van der Waals surface area contributed by atoms with Crippen molar-refractivity contribution in [3.8, 4) is 0 Å². The minimum Gasteiger partial charge on any atom is -0.439 e. The molecule has 0 aromatic rings. The molecule has 0 radical (unpaired) electrons. The fraction of sp³-hybridized carbons (Fsp3) is 0.952. The number of esters is 1. The van der Waals surface area contributed by atoms with Gasteiger partial charge in [0.25, 0.3) is 0 Å². The Kier molecular flexibility index (Phi) is 20.8. The highest BCUT2D eigenvalue weighted by Gasteiger charge is 2.08. The Hall–Kier alpha value is -0.260. The number of hydrogen-bond donors (Lipinski definition) is 2. The maximum atomic E-state index is 11.1. The number of carbonyl (C=O) groups excluding carboxylic acids is 1. The van der Waals surface area contributed by atoms with E-state index < -0.39 is 6.79 Å². The van der Waals surface area contributed by atoms with Gasteiger partial charge in [-0.05, 0) is 19.3 Å². The van der Waals surface area contributed by atoms with Gasteiger partial charge in [-0.2, -0.15) is 11.8 Å². The molecular formula is C21H42O4S. The molecule has 4 nitrogen and oxygen atoms in total. The Bertz CT molecular complexity index is 300. The second-order valence-electron chi connectivity index (χ2n) is 7.08. The van der Waals surface area contributed by atoms with Crippen molar-refractivity contribution >= 4 is 17.7 Å². The van der Waals surface area contributed by atoms with E-state index in [2.05, 4.69) is 11.7 Å². The molecule has 2 N–H and O–H groups in total. The molecule has 0 aromatic carbocycles. The summed E-state index contributed by atoms with van der Waals surface area (Å²) in [6.07, 6.45) is 17.9. The van der Waals surface area contributed by atoms with Crippen LogP contribution in [0, 0.1) is 0 Å². The first kappa shape index (κ1) is 25.7. The lowest BCUT2D eigenvalue weighted by molar-refractivity contribution is -0.151. The number of aliphatic hydroxyl groups is 2. The van der Waals surface area contributed by atoms with Gasteiger partial charge < -0.3 is 14.9 Å². The number of aliphatic hydroxyl groups excluding tert-OH is 2. The topological polar surface area (TPSA) is 66.8 Å². The molecule has 0 saturated carbocycles. The Morgan fingerprint density at radius 1 is 0.846 bits per heavy atom. The molecule has 5 heteroatoms. The zero-order valence-corrected chi connectivity index (χ0v) is 17.7. The van der Waals surface area contributed by atoms with Crippen molar-refractivity contribution in [3.63, 3.8) is 0 Å². The molecule has 1 unspecified atom stereocenters. The Labute approximate surface area is 165 Å². The van der Waals surface area contributed by atoms with Crippen molar-refractivity contribution in [1.29, 1.82) is 0 Å². The maximum absolute atomic E-state index is 11.1. The van der Waals surface area contributed by atoms with Gasteiger partial charge in [0.05, 0.1) is 6.61 Å². The predicted molar refractivity (Wildman–Crippen MR) is 111 cm³/mol. The quantitative estimate of drug-likeness (QED) is 0.164. The highest BCUT2D eigenvalue weighted by Crippen LogP contribution is 2.24. The van der Waals surface area contributed by atoms with Crippen LogP contribution in [0.5, 0.6) is 0 Å². The lowest BCUT2D eigenvalue weighted by Gasteiger charge is -2.16. The van der Waals surface area contributed by atoms with Crippen LogP contribution in [0.25, 0.3) is 0 Å². The van der Waals surface area contributed by atoms with Crippen LogP contribution in [0.1, 0.15) is 103 Å². The van der Waals surface area contributed by atoms with Crippen LogP contribution in [0.2, 0.25) is 0 Å². The molecule has 0 spiro atoms. The summed E-state index contributed by atoms with van der Waals surface area (Å²) in [4.78, 5) is 11.1. The zero-order valence-electron chi connectivity index (χ0n) is 16.9. The fourth-order valence-electron chi connectivity index (χ4n) is 3.18.